The van der Waals surface area contributed by atoms with E-state index >= 15 is 0 Å². The number of likely N-dealkylation sites (N-methyl/N-ethyl adjacent to an activating group) is 1. The minimum atomic E-state index is -1.06. The first kappa shape index (κ1) is 25.9. The van der Waals surface area contributed by atoms with E-state index in [-0.39, 0.29) is 12.5 Å². The van der Waals surface area contributed by atoms with Gasteiger partial charge in [-0.2, -0.15) is 0 Å². The Morgan fingerprint density at radius 2 is 1.22 bits per heavy atom. The molecule has 2 unspecified atom stereocenters. The van der Waals surface area contributed by atoms with Crippen molar-refractivity contribution in [1.82, 2.24) is 4.90 Å². The predicted molar refractivity (Wildman–Crippen MR) is 111 cm³/mol. The lowest BCUT2D eigenvalue weighted by Gasteiger charge is -2.32. The molecule has 0 aliphatic rings. The summed E-state index contributed by atoms with van der Waals surface area (Å²) in [5, 5.41) is 18.3. The molecular formula is C22H43NO4. The Kier molecular flexibility index (Phi) is 16.3. The van der Waals surface area contributed by atoms with Crippen LogP contribution in [0.15, 0.2) is 0 Å². The molecule has 0 fully saturated rings. The van der Waals surface area contributed by atoms with Crippen LogP contribution in [0, 0.1) is 0 Å². The first-order valence-electron chi connectivity index (χ1n) is 11.1. The van der Waals surface area contributed by atoms with Crippen LogP contribution < -0.4 is 0 Å². The van der Waals surface area contributed by atoms with Crippen LogP contribution in [0.25, 0.3) is 0 Å². The van der Waals surface area contributed by atoms with Crippen molar-refractivity contribution >= 4 is 11.9 Å². The van der Waals surface area contributed by atoms with Gasteiger partial charge in [0, 0.05) is 6.04 Å². The topological polar surface area (TPSA) is 77.8 Å². The molecule has 2 atom stereocenters. The van der Waals surface area contributed by atoms with E-state index in [9.17, 15) is 14.7 Å². The largest absolute Gasteiger partial charge is 0.481 e. The number of unbranched alkanes of at least 4 members (excludes halogenated alkanes) is 11. The van der Waals surface area contributed by atoms with Crippen molar-refractivity contribution in [2.45, 2.75) is 123 Å². The van der Waals surface area contributed by atoms with E-state index in [2.05, 4.69) is 6.92 Å². The molecule has 0 aliphatic carbocycles. The summed E-state index contributed by atoms with van der Waals surface area (Å²) in [5.41, 5.74) is 0. The fourth-order valence-electron chi connectivity index (χ4n) is 3.80. The van der Waals surface area contributed by atoms with Gasteiger partial charge in [-0.25, -0.2) is 0 Å². The van der Waals surface area contributed by atoms with Gasteiger partial charge < -0.3 is 10.2 Å². The van der Waals surface area contributed by atoms with Crippen LogP contribution in [0.3, 0.4) is 0 Å². The molecule has 5 nitrogen and oxygen atoms in total. The normalized spacial score (nSPS) is 13.6. The summed E-state index contributed by atoms with van der Waals surface area (Å²) in [6, 6.07) is -0.835. The third-order valence-corrected chi connectivity index (χ3v) is 5.46. The van der Waals surface area contributed by atoms with E-state index in [1.165, 1.54) is 70.6 Å². The number of hydrogen-bond donors (Lipinski definition) is 2. The highest BCUT2D eigenvalue weighted by molar-refractivity contribution is 5.80. The minimum absolute atomic E-state index is 0.0959. The summed E-state index contributed by atoms with van der Waals surface area (Å²) in [7, 11) is 0. The second kappa shape index (κ2) is 17.0. The van der Waals surface area contributed by atoms with Gasteiger partial charge in [0.15, 0.2) is 0 Å². The van der Waals surface area contributed by atoms with Gasteiger partial charge in [-0.3, -0.25) is 14.5 Å². The van der Waals surface area contributed by atoms with Gasteiger partial charge in [0.25, 0.3) is 0 Å². The molecule has 0 saturated heterocycles. The van der Waals surface area contributed by atoms with Crippen molar-refractivity contribution in [1.29, 1.82) is 0 Å². The quantitative estimate of drug-likeness (QED) is 0.278. The van der Waals surface area contributed by atoms with Gasteiger partial charge in [0.05, 0.1) is 6.42 Å². The van der Waals surface area contributed by atoms with Crippen molar-refractivity contribution in [2.75, 3.05) is 6.54 Å². The molecule has 0 aromatic carbocycles. The van der Waals surface area contributed by atoms with E-state index in [4.69, 9.17) is 5.11 Å². The Morgan fingerprint density at radius 1 is 0.778 bits per heavy atom. The van der Waals surface area contributed by atoms with Crippen LogP contribution >= 0.6 is 0 Å². The Balaban J connectivity index is 3.83. The van der Waals surface area contributed by atoms with Crippen molar-refractivity contribution in [3.8, 4) is 0 Å². The van der Waals surface area contributed by atoms with Gasteiger partial charge in [-0.05, 0) is 19.9 Å². The Labute approximate surface area is 166 Å². The fraction of sp³-hybridized carbons (Fsp3) is 0.909. The summed E-state index contributed by atoms with van der Waals surface area (Å²) in [6.07, 6.45) is 16.2. The zero-order valence-corrected chi connectivity index (χ0v) is 17.9. The lowest BCUT2D eigenvalue weighted by atomic mass is 10.0. The van der Waals surface area contributed by atoms with Gasteiger partial charge in [-0.15, -0.1) is 0 Å². The van der Waals surface area contributed by atoms with Crippen molar-refractivity contribution in [3.63, 3.8) is 0 Å². The lowest BCUT2D eigenvalue weighted by molar-refractivity contribution is -0.150. The van der Waals surface area contributed by atoms with Crippen LogP contribution in [0.2, 0.25) is 0 Å². The molecule has 0 saturated carbocycles. The SMILES string of the molecule is CCCCCCCCCCCCCCC(C)N(CC)C(CC(=O)O)C(=O)O. The average molecular weight is 386 g/mol. The second-order valence-electron chi connectivity index (χ2n) is 7.81. The van der Waals surface area contributed by atoms with Crippen LogP contribution in [0.5, 0.6) is 0 Å². The van der Waals surface area contributed by atoms with E-state index < -0.39 is 18.0 Å². The van der Waals surface area contributed by atoms with Gasteiger partial charge >= 0.3 is 11.9 Å². The number of aliphatic carboxylic acids is 2. The number of carboxylic acids is 2. The molecule has 0 radical (unpaired) electrons. The van der Waals surface area contributed by atoms with E-state index in [0.717, 1.165) is 12.8 Å². The van der Waals surface area contributed by atoms with Crippen molar-refractivity contribution in [3.05, 3.63) is 0 Å². The molecule has 0 aliphatic heterocycles. The molecule has 0 amide bonds. The summed E-state index contributed by atoms with van der Waals surface area (Å²) in [4.78, 5) is 24.2. The minimum Gasteiger partial charge on any atom is -0.481 e. The third-order valence-electron chi connectivity index (χ3n) is 5.46. The van der Waals surface area contributed by atoms with Crippen LogP contribution in [0.1, 0.15) is 111 Å². The molecule has 2 N–H and O–H groups in total. The van der Waals surface area contributed by atoms with E-state index in [0.29, 0.717) is 6.54 Å². The molecule has 0 aromatic rings. The van der Waals surface area contributed by atoms with E-state index in [1.807, 2.05) is 18.7 Å². The summed E-state index contributed by atoms with van der Waals surface area (Å²) in [6.45, 7) is 6.72. The maximum atomic E-state index is 11.4. The summed E-state index contributed by atoms with van der Waals surface area (Å²) in [5.74, 6) is -2.10. The zero-order chi connectivity index (χ0) is 20.5. The number of hydrogen-bond acceptors (Lipinski definition) is 3. The first-order valence-corrected chi connectivity index (χ1v) is 11.1. The average Bonchev–Trinajstić information content (AvgIpc) is 2.62. The third kappa shape index (κ3) is 13.7. The molecule has 160 valence electrons. The lowest BCUT2D eigenvalue weighted by Crippen LogP contribution is -2.47. The maximum absolute atomic E-state index is 11.4. The predicted octanol–water partition coefficient (Wildman–Crippen LogP) is 5.72. The fourth-order valence-corrected chi connectivity index (χ4v) is 3.80. The van der Waals surface area contributed by atoms with Crippen LogP contribution in [-0.2, 0) is 9.59 Å². The van der Waals surface area contributed by atoms with Gasteiger partial charge in [0.1, 0.15) is 6.04 Å². The van der Waals surface area contributed by atoms with Crippen molar-refractivity contribution < 1.29 is 19.8 Å². The molecule has 27 heavy (non-hydrogen) atoms. The zero-order valence-electron chi connectivity index (χ0n) is 17.9. The van der Waals surface area contributed by atoms with Crippen LogP contribution in [0.4, 0.5) is 0 Å². The number of rotatable bonds is 19. The first-order chi connectivity index (χ1) is 12.9. The molecule has 0 spiro atoms. The van der Waals surface area contributed by atoms with Gasteiger partial charge in [0.2, 0.25) is 0 Å². The smallest absolute Gasteiger partial charge is 0.321 e. The molecule has 0 aromatic heterocycles. The summed E-state index contributed by atoms with van der Waals surface area (Å²) < 4.78 is 0. The van der Waals surface area contributed by atoms with E-state index in [1.54, 1.807) is 0 Å². The highest BCUT2D eigenvalue weighted by atomic mass is 16.4. The number of nitrogens with zero attached hydrogens (tertiary/aromatic N) is 1. The van der Waals surface area contributed by atoms with Crippen molar-refractivity contribution in [2.24, 2.45) is 0 Å². The number of carbonyl (C=O) groups is 2. The molecule has 0 heterocycles. The molecule has 0 bridgehead atoms. The number of carboxylic acid groups (broad SMARTS) is 2. The van der Waals surface area contributed by atoms with Gasteiger partial charge in [-0.1, -0.05) is 90.9 Å². The van der Waals surface area contributed by atoms with Crippen LogP contribution in [-0.4, -0.2) is 45.7 Å². The highest BCUT2D eigenvalue weighted by Crippen LogP contribution is 2.17. The Hall–Kier alpha value is -1.10. The monoisotopic (exact) mass is 385 g/mol. The Morgan fingerprint density at radius 3 is 1.59 bits per heavy atom. The second-order valence-corrected chi connectivity index (χ2v) is 7.81. The highest BCUT2D eigenvalue weighted by Gasteiger charge is 2.30. The molecule has 5 heteroatoms. The molecule has 0 rings (SSSR count). The standard InChI is InChI=1S/C22H43NO4/c1-4-6-7-8-9-10-11-12-13-14-15-16-17-19(3)23(5-2)20(22(26)27)18-21(24)25/h19-20H,4-18H2,1-3H3,(H,24,25)(H,26,27). The molecular weight excluding hydrogens is 342 g/mol. The summed E-state index contributed by atoms with van der Waals surface area (Å²) >= 11 is 0. The maximum Gasteiger partial charge on any atom is 0.321 e. The Bertz CT molecular complexity index is 387.